The molecule has 0 aromatic carbocycles. The molecule has 0 atom stereocenters. The topological polar surface area (TPSA) is 129 Å². The number of anilines is 1. The summed E-state index contributed by atoms with van der Waals surface area (Å²) in [5.74, 6) is -2.50. The molecule has 3 heterocycles. The van der Waals surface area contributed by atoms with Gasteiger partial charge in [-0.05, 0) is 25.5 Å². The number of aromatic nitrogens is 3. The van der Waals surface area contributed by atoms with E-state index in [1.165, 1.54) is 6.92 Å². The van der Waals surface area contributed by atoms with Gasteiger partial charge in [0, 0.05) is 11.5 Å². The highest BCUT2D eigenvalue weighted by Gasteiger charge is 2.37. The van der Waals surface area contributed by atoms with E-state index in [1.807, 2.05) is 0 Å². The Hall–Kier alpha value is -3.48. The lowest BCUT2D eigenvalue weighted by Crippen LogP contribution is -2.20. The molecule has 182 valence electrons. The van der Waals surface area contributed by atoms with Crippen LogP contribution in [0.25, 0.3) is 5.65 Å². The number of nitrogens with two attached hydrogens (primary N) is 1. The zero-order chi connectivity index (χ0) is 25.6. The maximum atomic E-state index is 13.7. The van der Waals surface area contributed by atoms with Gasteiger partial charge < -0.3 is 15.8 Å². The van der Waals surface area contributed by atoms with E-state index in [-0.39, 0.29) is 44.6 Å². The van der Waals surface area contributed by atoms with Crippen molar-refractivity contribution >= 4 is 39.8 Å². The minimum atomic E-state index is -4.75. The van der Waals surface area contributed by atoms with Crippen LogP contribution in [-0.2, 0) is 16.3 Å². The van der Waals surface area contributed by atoms with Gasteiger partial charge in [-0.25, -0.2) is 14.3 Å². The van der Waals surface area contributed by atoms with Gasteiger partial charge in [0.05, 0.1) is 22.7 Å². The fourth-order valence-electron chi connectivity index (χ4n) is 3.12. The van der Waals surface area contributed by atoms with Crippen LogP contribution in [-0.4, -0.2) is 39.0 Å². The van der Waals surface area contributed by atoms with Crippen molar-refractivity contribution in [1.82, 2.24) is 14.6 Å². The van der Waals surface area contributed by atoms with Crippen LogP contribution in [0.3, 0.4) is 0 Å². The third-order valence-electron chi connectivity index (χ3n) is 4.80. The van der Waals surface area contributed by atoms with Gasteiger partial charge in [-0.15, -0.1) is 11.3 Å². The Bertz CT molecular complexity index is 1300. The number of primary amides is 1. The van der Waals surface area contributed by atoms with Crippen LogP contribution in [0.1, 0.15) is 75.2 Å². The molecule has 34 heavy (non-hydrogen) atoms. The summed E-state index contributed by atoms with van der Waals surface area (Å²) < 4.78 is 46.6. The van der Waals surface area contributed by atoms with Crippen molar-refractivity contribution in [2.24, 2.45) is 5.73 Å². The average molecular weight is 497 g/mol. The summed E-state index contributed by atoms with van der Waals surface area (Å²) in [6, 6.07) is 2.00. The van der Waals surface area contributed by atoms with Crippen molar-refractivity contribution in [2.75, 3.05) is 11.9 Å². The van der Waals surface area contributed by atoms with Crippen molar-refractivity contribution in [1.29, 1.82) is 0 Å². The van der Waals surface area contributed by atoms with Gasteiger partial charge in [0.1, 0.15) is 10.7 Å². The van der Waals surface area contributed by atoms with Gasteiger partial charge in [0.25, 0.3) is 11.8 Å². The summed E-state index contributed by atoms with van der Waals surface area (Å²) in [5, 5.41) is 6.19. The predicted molar refractivity (Wildman–Crippen MR) is 118 cm³/mol. The Balaban J connectivity index is 2.09. The first-order chi connectivity index (χ1) is 15.6. The van der Waals surface area contributed by atoms with E-state index < -0.39 is 35.1 Å². The number of amides is 2. The molecule has 3 rings (SSSR count). The van der Waals surface area contributed by atoms with E-state index in [0.717, 1.165) is 23.5 Å². The highest BCUT2D eigenvalue weighted by Crippen LogP contribution is 2.35. The molecule has 0 radical (unpaired) electrons. The fourth-order valence-corrected chi connectivity index (χ4v) is 4.17. The normalized spacial score (nSPS) is 12.1. The molecular weight excluding hydrogens is 475 g/mol. The second-order valence-electron chi connectivity index (χ2n) is 8.37. The third-order valence-corrected chi connectivity index (χ3v) is 6.02. The Labute approximate surface area is 196 Å². The number of hydrogen-bond acceptors (Lipinski definition) is 7. The molecule has 0 saturated heterocycles. The zero-order valence-corrected chi connectivity index (χ0v) is 19.8. The summed E-state index contributed by atoms with van der Waals surface area (Å²) in [7, 11) is 0. The van der Waals surface area contributed by atoms with Crippen molar-refractivity contribution in [3.05, 3.63) is 45.2 Å². The number of alkyl halides is 3. The predicted octanol–water partition coefficient (Wildman–Crippen LogP) is 3.94. The molecule has 0 aliphatic rings. The Morgan fingerprint density at radius 3 is 2.38 bits per heavy atom. The second-order valence-corrected chi connectivity index (χ2v) is 9.39. The molecule has 0 aliphatic heterocycles. The van der Waals surface area contributed by atoms with Gasteiger partial charge >= 0.3 is 12.1 Å². The third kappa shape index (κ3) is 4.74. The van der Waals surface area contributed by atoms with Gasteiger partial charge in [-0.1, -0.05) is 20.8 Å². The molecule has 0 bridgehead atoms. The van der Waals surface area contributed by atoms with Crippen LogP contribution in [0.15, 0.2) is 12.1 Å². The Kier molecular flexibility index (Phi) is 6.44. The number of carbonyl (C=O) groups excluding carboxylic acids is 3. The van der Waals surface area contributed by atoms with Crippen molar-refractivity contribution in [2.45, 2.75) is 46.2 Å². The summed E-state index contributed by atoms with van der Waals surface area (Å²) >= 11 is 0.754. The molecule has 2 amide bonds. The summed E-state index contributed by atoms with van der Waals surface area (Å²) in [5.41, 5.74) is 3.35. The smallest absolute Gasteiger partial charge is 0.433 e. The summed E-state index contributed by atoms with van der Waals surface area (Å²) in [6.07, 6.45) is -4.75. The minimum absolute atomic E-state index is 0.0317. The average Bonchev–Trinajstić information content (AvgIpc) is 3.27. The molecule has 3 aromatic rings. The van der Waals surface area contributed by atoms with Gasteiger partial charge in [-0.3, -0.25) is 9.59 Å². The van der Waals surface area contributed by atoms with Gasteiger partial charge in [0.15, 0.2) is 11.3 Å². The maximum Gasteiger partial charge on any atom is 0.433 e. The minimum Gasteiger partial charge on any atom is -0.462 e. The molecule has 0 fully saturated rings. The quantitative estimate of drug-likeness (QED) is 0.514. The zero-order valence-electron chi connectivity index (χ0n) is 19.0. The van der Waals surface area contributed by atoms with Gasteiger partial charge in [0.2, 0.25) is 0 Å². The lowest BCUT2D eigenvalue weighted by molar-refractivity contribution is -0.142. The number of hydrogen-bond donors (Lipinski definition) is 2. The van der Waals surface area contributed by atoms with Crippen molar-refractivity contribution < 1.29 is 32.3 Å². The number of carbonyl (C=O) groups is 3. The number of nitrogens with one attached hydrogen (secondary N) is 1. The highest BCUT2D eigenvalue weighted by atomic mass is 32.1. The van der Waals surface area contributed by atoms with Crippen LogP contribution < -0.4 is 11.1 Å². The number of halogens is 3. The molecule has 0 aliphatic carbocycles. The fraction of sp³-hybridized carbons (Fsp3) is 0.381. The molecular formula is C21H22F3N5O4S. The number of ether oxygens (including phenoxy) is 1. The lowest BCUT2D eigenvalue weighted by atomic mass is 9.91. The van der Waals surface area contributed by atoms with E-state index in [0.29, 0.717) is 4.52 Å². The van der Waals surface area contributed by atoms with E-state index in [1.54, 1.807) is 27.7 Å². The van der Waals surface area contributed by atoms with Crippen LogP contribution in [0.5, 0.6) is 0 Å². The number of fused-ring (bicyclic) bond motifs is 1. The SMILES string of the molecule is CCOC(=O)c1c(NC(=O)c2cc3nc(C(C)(C)C)cc(C(F)(F)F)n3n2)sc(C(N)=O)c1C. The van der Waals surface area contributed by atoms with Crippen LogP contribution in [0.4, 0.5) is 18.2 Å². The molecule has 0 spiro atoms. The van der Waals surface area contributed by atoms with E-state index in [2.05, 4.69) is 15.4 Å². The van der Waals surface area contributed by atoms with E-state index in [4.69, 9.17) is 10.5 Å². The monoisotopic (exact) mass is 497 g/mol. The molecule has 0 saturated carbocycles. The first kappa shape index (κ1) is 25.1. The van der Waals surface area contributed by atoms with Gasteiger partial charge in [-0.2, -0.15) is 18.3 Å². The first-order valence-corrected chi connectivity index (χ1v) is 10.9. The summed E-state index contributed by atoms with van der Waals surface area (Å²) in [4.78, 5) is 41.3. The van der Waals surface area contributed by atoms with E-state index >= 15 is 0 Å². The highest BCUT2D eigenvalue weighted by molar-refractivity contribution is 7.18. The number of esters is 1. The van der Waals surface area contributed by atoms with Crippen LogP contribution in [0.2, 0.25) is 0 Å². The molecule has 13 heteroatoms. The Morgan fingerprint density at radius 1 is 1.21 bits per heavy atom. The van der Waals surface area contributed by atoms with Crippen molar-refractivity contribution in [3.63, 3.8) is 0 Å². The standard InChI is InChI=1S/C21H22F3N5O4S/c1-6-33-19(32)14-9(2)15(16(25)30)34-18(14)27-17(31)10-7-13-26-11(20(3,4)5)8-12(21(22,23)24)29(13)28-10/h7-8H,6H2,1-5H3,(H2,25,30)(H,27,31). The lowest BCUT2D eigenvalue weighted by Gasteiger charge is -2.19. The molecule has 3 aromatic heterocycles. The number of rotatable bonds is 5. The second kappa shape index (κ2) is 8.70. The number of nitrogens with zero attached hydrogens (tertiary/aromatic N) is 3. The van der Waals surface area contributed by atoms with Crippen LogP contribution >= 0.6 is 11.3 Å². The van der Waals surface area contributed by atoms with Crippen molar-refractivity contribution in [3.8, 4) is 0 Å². The number of thiophene rings is 1. The van der Waals surface area contributed by atoms with Crippen LogP contribution in [0, 0.1) is 6.92 Å². The van der Waals surface area contributed by atoms with E-state index in [9.17, 15) is 27.6 Å². The maximum absolute atomic E-state index is 13.7. The molecule has 3 N–H and O–H groups in total. The Morgan fingerprint density at radius 2 is 1.85 bits per heavy atom. The summed E-state index contributed by atoms with van der Waals surface area (Å²) in [6.45, 7) is 8.23. The molecule has 0 unspecified atom stereocenters. The molecule has 9 nitrogen and oxygen atoms in total. The largest absolute Gasteiger partial charge is 0.462 e. The first-order valence-electron chi connectivity index (χ1n) is 10.0.